The average Bonchev–Trinajstić information content (AvgIpc) is 2.46. The van der Waals surface area contributed by atoms with Gasteiger partial charge in [0.2, 0.25) is 0 Å². The van der Waals surface area contributed by atoms with Crippen LogP contribution in [0.25, 0.3) is 0 Å². The van der Waals surface area contributed by atoms with E-state index in [0.29, 0.717) is 11.8 Å². The molecule has 0 saturated heterocycles. The van der Waals surface area contributed by atoms with Crippen molar-refractivity contribution < 1.29 is 9.47 Å². The first-order valence-electron chi connectivity index (χ1n) is 7.65. The van der Waals surface area contributed by atoms with Crippen LogP contribution in [0.4, 0.5) is 0 Å². The van der Waals surface area contributed by atoms with Crippen molar-refractivity contribution in [2.45, 2.75) is 33.6 Å². The molecule has 1 aromatic rings. The van der Waals surface area contributed by atoms with E-state index >= 15 is 0 Å². The normalized spacial score (nSPS) is 12.4. The standard InChI is InChI=1S/C17H29NO2/c1-5-11-18-13-15(14(2)3)10-12-20-17-8-6-16(19-4)7-9-17/h6-9,14-15,18H,5,10-13H2,1-4H3. The van der Waals surface area contributed by atoms with Gasteiger partial charge in [0.25, 0.3) is 0 Å². The minimum Gasteiger partial charge on any atom is -0.497 e. The third-order valence-electron chi connectivity index (χ3n) is 3.59. The molecule has 0 bridgehead atoms. The molecule has 0 aromatic heterocycles. The maximum Gasteiger partial charge on any atom is 0.119 e. The van der Waals surface area contributed by atoms with E-state index < -0.39 is 0 Å². The Bertz CT molecular complexity index is 349. The number of hydrogen-bond donors (Lipinski definition) is 1. The Labute approximate surface area is 123 Å². The smallest absolute Gasteiger partial charge is 0.119 e. The predicted molar refractivity (Wildman–Crippen MR) is 84.6 cm³/mol. The number of hydrogen-bond acceptors (Lipinski definition) is 3. The van der Waals surface area contributed by atoms with Crippen molar-refractivity contribution >= 4 is 0 Å². The van der Waals surface area contributed by atoms with Crippen molar-refractivity contribution in [3.05, 3.63) is 24.3 Å². The van der Waals surface area contributed by atoms with Gasteiger partial charge in [-0.1, -0.05) is 20.8 Å². The van der Waals surface area contributed by atoms with E-state index in [1.807, 2.05) is 24.3 Å². The number of rotatable bonds is 10. The van der Waals surface area contributed by atoms with Crippen molar-refractivity contribution in [1.29, 1.82) is 0 Å². The molecule has 0 fully saturated rings. The van der Waals surface area contributed by atoms with Crippen LogP contribution in [0, 0.1) is 11.8 Å². The third kappa shape index (κ3) is 6.29. The topological polar surface area (TPSA) is 30.5 Å². The lowest BCUT2D eigenvalue weighted by molar-refractivity contribution is 0.244. The monoisotopic (exact) mass is 279 g/mol. The summed E-state index contributed by atoms with van der Waals surface area (Å²) in [5.41, 5.74) is 0. The largest absolute Gasteiger partial charge is 0.497 e. The summed E-state index contributed by atoms with van der Waals surface area (Å²) in [6, 6.07) is 7.77. The molecule has 3 nitrogen and oxygen atoms in total. The number of benzene rings is 1. The van der Waals surface area contributed by atoms with Gasteiger partial charge in [-0.2, -0.15) is 0 Å². The molecule has 1 rings (SSSR count). The van der Waals surface area contributed by atoms with E-state index in [1.165, 1.54) is 6.42 Å². The Morgan fingerprint density at radius 2 is 1.75 bits per heavy atom. The van der Waals surface area contributed by atoms with Crippen LogP contribution in [-0.4, -0.2) is 26.8 Å². The molecule has 1 unspecified atom stereocenters. The second-order valence-corrected chi connectivity index (χ2v) is 5.52. The Hall–Kier alpha value is -1.22. The zero-order valence-electron chi connectivity index (χ0n) is 13.3. The van der Waals surface area contributed by atoms with Gasteiger partial charge < -0.3 is 14.8 Å². The SMILES string of the molecule is CCCNCC(CCOc1ccc(OC)cc1)C(C)C. The second kappa shape index (κ2) is 9.65. The third-order valence-corrected chi connectivity index (χ3v) is 3.59. The molecule has 0 aliphatic rings. The molecule has 1 N–H and O–H groups in total. The predicted octanol–water partition coefficient (Wildman–Crippen LogP) is 3.74. The summed E-state index contributed by atoms with van der Waals surface area (Å²) < 4.78 is 10.9. The maximum absolute atomic E-state index is 5.81. The maximum atomic E-state index is 5.81. The second-order valence-electron chi connectivity index (χ2n) is 5.52. The molecule has 0 amide bonds. The quantitative estimate of drug-likeness (QED) is 0.662. The van der Waals surface area contributed by atoms with Gasteiger partial charge in [0.05, 0.1) is 13.7 Å². The minimum atomic E-state index is 0.666. The fourth-order valence-corrected chi connectivity index (χ4v) is 2.14. The fraction of sp³-hybridized carbons (Fsp3) is 0.647. The van der Waals surface area contributed by atoms with Crippen molar-refractivity contribution in [2.75, 3.05) is 26.8 Å². The molecule has 20 heavy (non-hydrogen) atoms. The molecular formula is C17H29NO2. The van der Waals surface area contributed by atoms with E-state index in [9.17, 15) is 0 Å². The van der Waals surface area contributed by atoms with Crippen molar-refractivity contribution in [3.63, 3.8) is 0 Å². The van der Waals surface area contributed by atoms with Gasteiger partial charge in [0, 0.05) is 0 Å². The summed E-state index contributed by atoms with van der Waals surface area (Å²) in [6.45, 7) is 9.71. The first-order valence-corrected chi connectivity index (χ1v) is 7.65. The van der Waals surface area contributed by atoms with Crippen LogP contribution in [0.5, 0.6) is 11.5 Å². The lowest BCUT2D eigenvalue weighted by atomic mass is 9.93. The van der Waals surface area contributed by atoms with E-state index in [2.05, 4.69) is 26.1 Å². The first kappa shape index (κ1) is 16.8. The Kier molecular flexibility index (Phi) is 8.12. The first-order chi connectivity index (χ1) is 9.67. The van der Waals surface area contributed by atoms with Crippen LogP contribution in [-0.2, 0) is 0 Å². The van der Waals surface area contributed by atoms with Gasteiger partial charge in [-0.3, -0.25) is 0 Å². The molecular weight excluding hydrogens is 250 g/mol. The number of nitrogens with one attached hydrogen (secondary N) is 1. The molecule has 0 saturated carbocycles. The van der Waals surface area contributed by atoms with E-state index in [-0.39, 0.29) is 0 Å². The van der Waals surface area contributed by atoms with Crippen LogP contribution in [0.15, 0.2) is 24.3 Å². The van der Waals surface area contributed by atoms with E-state index in [0.717, 1.165) is 37.6 Å². The van der Waals surface area contributed by atoms with Gasteiger partial charge >= 0.3 is 0 Å². The minimum absolute atomic E-state index is 0.666. The van der Waals surface area contributed by atoms with Gasteiger partial charge in [-0.25, -0.2) is 0 Å². The van der Waals surface area contributed by atoms with Gasteiger partial charge in [-0.15, -0.1) is 0 Å². The highest BCUT2D eigenvalue weighted by atomic mass is 16.5. The number of ether oxygens (including phenoxy) is 2. The van der Waals surface area contributed by atoms with Crippen LogP contribution in [0.3, 0.4) is 0 Å². The highest BCUT2D eigenvalue weighted by Crippen LogP contribution is 2.19. The highest BCUT2D eigenvalue weighted by molar-refractivity contribution is 5.31. The van der Waals surface area contributed by atoms with Crippen LogP contribution < -0.4 is 14.8 Å². The summed E-state index contributed by atoms with van der Waals surface area (Å²) in [5.74, 6) is 3.12. The molecule has 114 valence electrons. The van der Waals surface area contributed by atoms with Crippen molar-refractivity contribution in [2.24, 2.45) is 11.8 Å². The summed E-state index contributed by atoms with van der Waals surface area (Å²) in [7, 11) is 1.67. The van der Waals surface area contributed by atoms with E-state index in [1.54, 1.807) is 7.11 Å². The lowest BCUT2D eigenvalue weighted by Crippen LogP contribution is -2.28. The summed E-state index contributed by atoms with van der Waals surface area (Å²) in [5, 5.41) is 3.51. The summed E-state index contributed by atoms with van der Waals surface area (Å²) >= 11 is 0. The molecule has 0 spiro atoms. The molecule has 0 aliphatic carbocycles. The van der Waals surface area contributed by atoms with Crippen LogP contribution in [0.2, 0.25) is 0 Å². The molecule has 0 aliphatic heterocycles. The number of methoxy groups -OCH3 is 1. The van der Waals surface area contributed by atoms with Crippen LogP contribution >= 0.6 is 0 Å². The van der Waals surface area contributed by atoms with Crippen LogP contribution in [0.1, 0.15) is 33.6 Å². The molecule has 1 atom stereocenters. The molecule has 3 heteroatoms. The zero-order chi connectivity index (χ0) is 14.8. The van der Waals surface area contributed by atoms with E-state index in [4.69, 9.17) is 9.47 Å². The molecule has 0 radical (unpaired) electrons. The Balaban J connectivity index is 2.31. The highest BCUT2D eigenvalue weighted by Gasteiger charge is 2.12. The van der Waals surface area contributed by atoms with Gasteiger partial charge in [0.1, 0.15) is 11.5 Å². The Morgan fingerprint density at radius 3 is 2.30 bits per heavy atom. The van der Waals surface area contributed by atoms with Gasteiger partial charge in [0.15, 0.2) is 0 Å². The molecule has 1 aromatic carbocycles. The lowest BCUT2D eigenvalue weighted by Gasteiger charge is -2.21. The van der Waals surface area contributed by atoms with Crippen molar-refractivity contribution in [1.82, 2.24) is 5.32 Å². The fourth-order valence-electron chi connectivity index (χ4n) is 2.14. The van der Waals surface area contributed by atoms with Gasteiger partial charge in [-0.05, 0) is 62.0 Å². The average molecular weight is 279 g/mol. The summed E-state index contributed by atoms with van der Waals surface area (Å²) in [4.78, 5) is 0. The Morgan fingerprint density at radius 1 is 1.10 bits per heavy atom. The van der Waals surface area contributed by atoms with Crippen molar-refractivity contribution in [3.8, 4) is 11.5 Å². The molecule has 0 heterocycles. The zero-order valence-corrected chi connectivity index (χ0v) is 13.3. The summed E-state index contributed by atoms with van der Waals surface area (Å²) in [6.07, 6.45) is 2.27.